The van der Waals surface area contributed by atoms with E-state index in [1.54, 1.807) is 17.7 Å². The highest BCUT2D eigenvalue weighted by atomic mass is 79.9. The van der Waals surface area contributed by atoms with E-state index in [-0.39, 0.29) is 19.6 Å². The average Bonchev–Trinajstić information content (AvgIpc) is 3.30. The molecule has 6 nitrogen and oxygen atoms in total. The van der Waals surface area contributed by atoms with Gasteiger partial charge >= 0.3 is 5.97 Å². The maximum atomic E-state index is 14.0. The summed E-state index contributed by atoms with van der Waals surface area (Å²) in [6, 6.07) is 0.984. The van der Waals surface area contributed by atoms with E-state index >= 15 is 0 Å². The Balaban J connectivity index is 1.92. The van der Waals surface area contributed by atoms with E-state index in [1.165, 1.54) is 4.68 Å². The van der Waals surface area contributed by atoms with Gasteiger partial charge in [-0.1, -0.05) is 11.6 Å². The summed E-state index contributed by atoms with van der Waals surface area (Å²) in [7, 11) is 0. The predicted octanol–water partition coefficient (Wildman–Crippen LogP) is 4.67. The molecular formula is C18H17BrClFN4O2S. The normalized spacial score (nSPS) is 17.1. The van der Waals surface area contributed by atoms with Gasteiger partial charge in [-0.2, -0.15) is 5.10 Å². The highest BCUT2D eigenvalue weighted by Gasteiger charge is 2.35. The van der Waals surface area contributed by atoms with Gasteiger partial charge in [0.2, 0.25) is 0 Å². The van der Waals surface area contributed by atoms with Gasteiger partial charge in [0.05, 0.1) is 23.9 Å². The van der Waals surface area contributed by atoms with Crippen LogP contribution in [-0.4, -0.2) is 38.1 Å². The first-order valence-electron chi connectivity index (χ1n) is 8.77. The van der Waals surface area contributed by atoms with Crippen molar-refractivity contribution in [2.45, 2.75) is 39.0 Å². The third-order valence-corrected chi connectivity index (χ3v) is 6.44. The quantitative estimate of drug-likeness (QED) is 0.429. The lowest BCUT2D eigenvalue weighted by Gasteiger charge is -2.16. The summed E-state index contributed by atoms with van der Waals surface area (Å²) in [5, 5.41) is 5.84. The van der Waals surface area contributed by atoms with E-state index in [4.69, 9.17) is 28.6 Å². The smallest absolute Gasteiger partial charge is 0.337 e. The lowest BCUT2D eigenvalue weighted by molar-refractivity contribution is -0.146. The maximum Gasteiger partial charge on any atom is 0.337 e. The van der Waals surface area contributed by atoms with Gasteiger partial charge in [0, 0.05) is 28.2 Å². The van der Waals surface area contributed by atoms with Crippen molar-refractivity contribution in [3.05, 3.63) is 43.5 Å². The molecule has 0 aliphatic carbocycles. The zero-order chi connectivity index (χ0) is 20.2. The second-order valence-corrected chi connectivity index (χ2v) is 8.34. The Morgan fingerprint density at radius 3 is 3.07 bits per heavy atom. The van der Waals surface area contributed by atoms with E-state index in [0.29, 0.717) is 26.7 Å². The second kappa shape index (κ2) is 7.27. The van der Waals surface area contributed by atoms with Crippen LogP contribution in [0.4, 0.5) is 4.39 Å². The van der Waals surface area contributed by atoms with Crippen LogP contribution in [0.25, 0.3) is 10.9 Å². The molecule has 0 bridgehead atoms. The van der Waals surface area contributed by atoms with Crippen LogP contribution in [-0.2, 0) is 22.5 Å². The summed E-state index contributed by atoms with van der Waals surface area (Å²) in [5.41, 5.74) is 2.70. The Hall–Kier alpha value is -1.71. The summed E-state index contributed by atoms with van der Waals surface area (Å²) >= 11 is 15.2. The van der Waals surface area contributed by atoms with Gasteiger partial charge < -0.3 is 14.3 Å². The number of nitrogens with zero attached hydrogens (tertiary/aromatic N) is 3. The lowest BCUT2D eigenvalue weighted by atomic mass is 10.1. The molecule has 0 fully saturated rings. The molecule has 1 N–H and O–H groups in total. The van der Waals surface area contributed by atoms with Gasteiger partial charge in [0.1, 0.15) is 11.7 Å². The van der Waals surface area contributed by atoms with Crippen molar-refractivity contribution in [3.63, 3.8) is 0 Å². The number of esters is 1. The molecule has 1 aliphatic heterocycles. The number of nitrogens with one attached hydrogen (secondary N) is 1. The highest BCUT2D eigenvalue weighted by molar-refractivity contribution is 9.10. The number of aromatic amines is 1. The summed E-state index contributed by atoms with van der Waals surface area (Å²) in [5.74, 6) is -0.495. The minimum atomic E-state index is -1.03. The fraction of sp³-hybridized carbons (Fsp3) is 0.389. The molecule has 1 unspecified atom stereocenters. The van der Waals surface area contributed by atoms with Crippen molar-refractivity contribution in [2.75, 3.05) is 6.61 Å². The van der Waals surface area contributed by atoms with Crippen LogP contribution < -0.4 is 0 Å². The van der Waals surface area contributed by atoms with Crippen LogP contribution in [0, 0.1) is 11.7 Å². The van der Waals surface area contributed by atoms with E-state index in [0.717, 1.165) is 15.4 Å². The van der Waals surface area contributed by atoms with E-state index in [2.05, 4.69) is 26.0 Å². The Bertz CT molecular complexity index is 1150. The zero-order valence-electron chi connectivity index (χ0n) is 15.1. The number of hydrogen-bond donors (Lipinski definition) is 1. The number of imidazole rings is 1. The summed E-state index contributed by atoms with van der Waals surface area (Å²) in [4.78, 5) is 15.9. The zero-order valence-corrected chi connectivity index (χ0v) is 18.3. The molecule has 1 aromatic carbocycles. The van der Waals surface area contributed by atoms with Gasteiger partial charge in [-0.05, 0) is 53.6 Å². The Morgan fingerprint density at radius 1 is 1.61 bits per heavy atom. The average molecular weight is 488 g/mol. The Labute approximate surface area is 178 Å². The number of carbonyl (C=O) groups is 1. The van der Waals surface area contributed by atoms with Gasteiger partial charge in [-0.15, -0.1) is 0 Å². The number of fused-ring (bicyclic) bond motifs is 2. The summed E-state index contributed by atoms with van der Waals surface area (Å²) in [6.45, 7) is 4.06. The lowest BCUT2D eigenvalue weighted by Crippen LogP contribution is -2.25. The summed E-state index contributed by atoms with van der Waals surface area (Å²) < 4.78 is 23.6. The number of halogens is 3. The minimum absolute atomic E-state index is 0.180. The molecule has 0 saturated heterocycles. The molecule has 2 atom stereocenters. The number of H-pyrrole nitrogens is 1. The number of benzene rings is 1. The van der Waals surface area contributed by atoms with Gasteiger partial charge in [-0.25, -0.2) is 9.18 Å². The van der Waals surface area contributed by atoms with Gasteiger partial charge in [0.25, 0.3) is 0 Å². The number of alkyl halides is 1. The monoisotopic (exact) mass is 486 g/mol. The molecule has 4 rings (SSSR count). The van der Waals surface area contributed by atoms with Crippen LogP contribution in [0.5, 0.6) is 0 Å². The maximum absolute atomic E-state index is 14.0. The molecule has 2 aromatic heterocycles. The van der Waals surface area contributed by atoms with Crippen molar-refractivity contribution in [2.24, 2.45) is 0 Å². The molecule has 1 aliphatic rings. The molecule has 0 radical (unpaired) electrons. The van der Waals surface area contributed by atoms with Crippen molar-refractivity contribution >= 4 is 56.6 Å². The molecule has 10 heteroatoms. The Kier molecular flexibility index (Phi) is 5.09. The van der Waals surface area contributed by atoms with Crippen molar-refractivity contribution in [1.29, 1.82) is 0 Å². The fourth-order valence-corrected chi connectivity index (χ4v) is 4.65. The first kappa shape index (κ1) is 19.6. The van der Waals surface area contributed by atoms with E-state index < -0.39 is 18.2 Å². The third-order valence-electron chi connectivity index (χ3n) is 4.88. The third kappa shape index (κ3) is 3.09. The van der Waals surface area contributed by atoms with Crippen LogP contribution in [0.3, 0.4) is 0 Å². The van der Waals surface area contributed by atoms with E-state index in [9.17, 15) is 9.18 Å². The predicted molar refractivity (Wildman–Crippen MR) is 110 cm³/mol. The molecule has 0 saturated carbocycles. The Morgan fingerprint density at radius 2 is 2.36 bits per heavy atom. The number of rotatable bonds is 4. The molecular weight excluding hydrogens is 471 g/mol. The minimum Gasteiger partial charge on any atom is -0.464 e. The molecule has 3 heterocycles. The number of aryl methyl sites for hydroxylation is 1. The topological polar surface area (TPSA) is 64.8 Å². The standard InChI is InChI=1S/C18H17BrClFN4O2S/c1-3-27-17(26)16(15-12-5-9(21)6-24(12)18(28)22-15)25-7-10-8(2)4-11(19)13(20)14(10)23-25/h4,7,9,16H,3,5-6H2,1-2H3,(H,22,28)/t9-,16?/m1/s1. The molecule has 3 aromatic rings. The molecule has 0 amide bonds. The molecule has 148 valence electrons. The fourth-order valence-electron chi connectivity index (χ4n) is 3.63. The van der Waals surface area contributed by atoms with Gasteiger partial charge in [0.15, 0.2) is 10.8 Å². The van der Waals surface area contributed by atoms with Crippen LogP contribution >= 0.6 is 39.7 Å². The number of ether oxygens (including phenoxy) is 1. The van der Waals surface area contributed by atoms with Crippen molar-refractivity contribution in [1.82, 2.24) is 19.3 Å². The van der Waals surface area contributed by atoms with Crippen molar-refractivity contribution in [3.8, 4) is 0 Å². The van der Waals surface area contributed by atoms with Crippen LogP contribution in [0.15, 0.2) is 16.7 Å². The summed E-state index contributed by atoms with van der Waals surface area (Å²) in [6.07, 6.45) is 0.912. The SMILES string of the molecule is CCOC(=O)C(c1[nH]c(=S)n2c1C[C@@H](F)C2)n1cc2c(C)cc(Br)c(Cl)c2n1. The second-order valence-electron chi connectivity index (χ2n) is 6.72. The van der Waals surface area contributed by atoms with E-state index in [1.807, 2.05) is 13.0 Å². The number of carbonyl (C=O) groups excluding carboxylic acids is 1. The van der Waals surface area contributed by atoms with Crippen LogP contribution in [0.2, 0.25) is 5.02 Å². The molecule has 0 spiro atoms. The first-order chi connectivity index (χ1) is 13.3. The van der Waals surface area contributed by atoms with Crippen molar-refractivity contribution < 1.29 is 13.9 Å². The van der Waals surface area contributed by atoms with Gasteiger partial charge in [-0.3, -0.25) is 4.68 Å². The highest BCUT2D eigenvalue weighted by Crippen LogP contribution is 2.35. The molecule has 28 heavy (non-hydrogen) atoms. The largest absolute Gasteiger partial charge is 0.464 e. The number of aromatic nitrogens is 4. The van der Waals surface area contributed by atoms with Crippen LogP contribution in [0.1, 0.15) is 29.9 Å². The first-order valence-corrected chi connectivity index (χ1v) is 10.4. The number of hydrogen-bond acceptors (Lipinski definition) is 4.